The number of piperidine rings is 2. The van der Waals surface area contributed by atoms with Gasteiger partial charge >= 0.3 is 5.97 Å². The van der Waals surface area contributed by atoms with E-state index in [0.29, 0.717) is 61.9 Å². The zero-order valence-electron chi connectivity index (χ0n) is 29.0. The number of benzene rings is 2. The number of unbranched alkanes of at least 4 members (excludes halogenated alkanes) is 1. The number of carbonyl (C=O) groups excluding carboxylic acids is 2. The van der Waals surface area contributed by atoms with Crippen LogP contribution in [0.2, 0.25) is 0 Å². The van der Waals surface area contributed by atoms with Crippen molar-refractivity contribution in [2.75, 3.05) is 33.2 Å². The minimum atomic E-state index is -1.50. The lowest BCUT2D eigenvalue weighted by molar-refractivity contribution is -0.330. The van der Waals surface area contributed by atoms with E-state index in [0.717, 1.165) is 19.3 Å². The normalized spacial score (nSPS) is 42.5. The fourth-order valence-corrected chi connectivity index (χ4v) is 12.0. The van der Waals surface area contributed by atoms with E-state index in [1.165, 1.54) is 5.56 Å². The van der Waals surface area contributed by atoms with Crippen LogP contribution in [0.15, 0.2) is 48.5 Å². The number of esters is 1. The summed E-state index contributed by atoms with van der Waals surface area (Å²) in [5.74, 6) is -1.39. The van der Waals surface area contributed by atoms with Gasteiger partial charge < -0.3 is 34.5 Å². The molecule has 264 valence electrons. The Morgan fingerprint density at radius 1 is 0.959 bits per heavy atom. The van der Waals surface area contributed by atoms with E-state index in [9.17, 15) is 19.8 Å². The van der Waals surface area contributed by atoms with Gasteiger partial charge in [-0.25, -0.2) is 4.79 Å². The molecule has 1 spiro atoms. The van der Waals surface area contributed by atoms with Crippen LogP contribution in [-0.4, -0.2) is 102 Å². The predicted octanol–water partition coefficient (Wildman–Crippen LogP) is 4.36. The average Bonchev–Trinajstić information content (AvgIpc) is 3.51. The standard InChI is InChI=1S/C39H50N2O8/c1-5-6-9-23-12-14-24(15-13-23)34(42)40-27-11-8-7-10-25(27)35(43)49-36-17-16-32(47-3)38-29(36)21-31(41(38)19-18-36)37(44)22-28(46-2)26-20-30(38)39(37,45)33(26)48-4/h7-8,10-15,26,28-33,44-45H,5-6,9,16-22H2,1-4H3,(H,40,42)/t26-,28+,29?,30?,31?,32+,33+,36-,37+,38?,39+/m1/s1. The second kappa shape index (κ2) is 11.9. The number of nitrogens with one attached hydrogen (secondary N) is 1. The number of fused-ring (bicyclic) bond motifs is 2. The van der Waals surface area contributed by atoms with Crippen LogP contribution in [0.3, 0.4) is 0 Å². The van der Waals surface area contributed by atoms with Gasteiger partial charge in [0.25, 0.3) is 5.91 Å². The molecule has 7 bridgehead atoms. The number of nitrogens with zero attached hydrogens (tertiary/aromatic N) is 1. The summed E-state index contributed by atoms with van der Waals surface area (Å²) in [4.78, 5) is 30.1. The molecule has 3 saturated carbocycles. The molecule has 6 fully saturated rings. The van der Waals surface area contributed by atoms with Gasteiger partial charge in [0.15, 0.2) is 0 Å². The van der Waals surface area contributed by atoms with E-state index in [2.05, 4.69) is 17.1 Å². The van der Waals surface area contributed by atoms with Gasteiger partial charge in [-0.05, 0) is 68.4 Å². The number of rotatable bonds is 10. The third-order valence-electron chi connectivity index (χ3n) is 13.9. The molecule has 10 nitrogen and oxygen atoms in total. The molecule has 3 heterocycles. The summed E-state index contributed by atoms with van der Waals surface area (Å²) in [5.41, 5.74) is -2.02. The van der Waals surface area contributed by atoms with Crippen molar-refractivity contribution in [3.63, 3.8) is 0 Å². The number of aryl methyl sites for hydroxylation is 1. The summed E-state index contributed by atoms with van der Waals surface area (Å²) in [5, 5.41) is 28.5. The van der Waals surface area contributed by atoms with Gasteiger partial charge in [0.2, 0.25) is 0 Å². The Morgan fingerprint density at radius 3 is 2.45 bits per heavy atom. The highest BCUT2D eigenvalue weighted by atomic mass is 16.6. The van der Waals surface area contributed by atoms with Crippen molar-refractivity contribution in [1.29, 1.82) is 0 Å². The van der Waals surface area contributed by atoms with Crippen LogP contribution in [-0.2, 0) is 25.4 Å². The molecule has 0 radical (unpaired) electrons. The highest BCUT2D eigenvalue weighted by Crippen LogP contribution is 2.74. The molecule has 8 rings (SSSR count). The van der Waals surface area contributed by atoms with Gasteiger partial charge in [-0.15, -0.1) is 0 Å². The fraction of sp³-hybridized carbons (Fsp3) is 0.641. The smallest absolute Gasteiger partial charge is 0.340 e. The number of hydrogen-bond acceptors (Lipinski definition) is 9. The minimum absolute atomic E-state index is 0.0830. The summed E-state index contributed by atoms with van der Waals surface area (Å²) in [7, 11) is 5.03. The molecule has 5 unspecified atom stereocenters. The maximum absolute atomic E-state index is 14.3. The van der Waals surface area contributed by atoms with Crippen molar-refractivity contribution in [3.8, 4) is 0 Å². The van der Waals surface area contributed by atoms with E-state index in [4.69, 9.17) is 18.9 Å². The first-order valence-corrected chi connectivity index (χ1v) is 18.2. The Hall–Kier alpha value is -2.86. The lowest BCUT2D eigenvalue weighted by Gasteiger charge is -2.69. The van der Waals surface area contributed by atoms with Crippen molar-refractivity contribution in [2.24, 2.45) is 17.8 Å². The quantitative estimate of drug-likeness (QED) is 0.315. The van der Waals surface area contributed by atoms with Gasteiger partial charge in [-0.3, -0.25) is 9.69 Å². The zero-order chi connectivity index (χ0) is 34.3. The fourth-order valence-electron chi connectivity index (χ4n) is 12.0. The lowest BCUT2D eigenvalue weighted by Crippen LogP contribution is -2.85. The summed E-state index contributed by atoms with van der Waals surface area (Å²) in [6, 6.07) is 14.3. The van der Waals surface area contributed by atoms with Gasteiger partial charge in [0, 0.05) is 70.1 Å². The number of para-hydroxylation sites is 1. The maximum Gasteiger partial charge on any atom is 0.340 e. The first-order valence-electron chi connectivity index (χ1n) is 18.2. The number of methoxy groups -OCH3 is 3. The second-order valence-electron chi connectivity index (χ2n) is 15.5. The largest absolute Gasteiger partial charge is 0.455 e. The van der Waals surface area contributed by atoms with Crippen LogP contribution >= 0.6 is 0 Å². The minimum Gasteiger partial charge on any atom is -0.455 e. The Morgan fingerprint density at radius 2 is 1.73 bits per heavy atom. The van der Waals surface area contributed by atoms with E-state index in [-0.39, 0.29) is 41.9 Å². The SMILES string of the molecule is CCCCc1ccc(C(=O)Nc2ccccc2C(=O)O[C@@]23CC[C@H](OC)C45C2CC(N4CC3)[C@@]2(O)C[C@H](OC)[C@H]3CC5[C@]2(O)[C@H]3OC)cc1. The number of ether oxygens (including phenoxy) is 4. The molecular weight excluding hydrogens is 624 g/mol. The summed E-state index contributed by atoms with van der Waals surface area (Å²) in [6.45, 7) is 2.77. The Balaban J connectivity index is 1.11. The third-order valence-corrected chi connectivity index (χ3v) is 13.9. The molecule has 0 aromatic heterocycles. The van der Waals surface area contributed by atoms with Crippen molar-refractivity contribution in [1.82, 2.24) is 4.90 Å². The molecule has 12 atom stereocenters. The highest BCUT2D eigenvalue weighted by Gasteiger charge is 2.87. The first kappa shape index (κ1) is 33.3. The first-order chi connectivity index (χ1) is 23.6. The Kier molecular flexibility index (Phi) is 8.05. The van der Waals surface area contributed by atoms with Crippen LogP contribution in [0, 0.1) is 17.8 Å². The molecule has 10 heteroatoms. The van der Waals surface area contributed by atoms with Gasteiger partial charge in [0.1, 0.15) is 16.8 Å². The zero-order valence-corrected chi connectivity index (χ0v) is 29.0. The van der Waals surface area contributed by atoms with E-state index in [1.807, 2.05) is 24.3 Å². The van der Waals surface area contributed by atoms with Gasteiger partial charge in [-0.2, -0.15) is 0 Å². The number of hydrogen-bond donors (Lipinski definition) is 3. The monoisotopic (exact) mass is 674 g/mol. The van der Waals surface area contributed by atoms with Crippen LogP contribution in [0.1, 0.15) is 84.6 Å². The predicted molar refractivity (Wildman–Crippen MR) is 181 cm³/mol. The van der Waals surface area contributed by atoms with Crippen LogP contribution in [0.25, 0.3) is 0 Å². The summed E-state index contributed by atoms with van der Waals surface area (Å²) in [6.07, 6.45) is 5.52. The van der Waals surface area contributed by atoms with Crippen molar-refractivity contribution in [3.05, 3.63) is 65.2 Å². The molecule has 6 aliphatic rings. The van der Waals surface area contributed by atoms with Gasteiger partial charge in [0.05, 0.1) is 35.1 Å². The van der Waals surface area contributed by atoms with Crippen LogP contribution in [0.5, 0.6) is 0 Å². The Labute approximate surface area is 288 Å². The second-order valence-corrected chi connectivity index (χ2v) is 15.5. The molecule has 49 heavy (non-hydrogen) atoms. The topological polar surface area (TPSA) is 127 Å². The van der Waals surface area contributed by atoms with E-state index >= 15 is 0 Å². The number of carbonyl (C=O) groups is 2. The molecular formula is C39H50N2O8. The molecule has 1 amide bonds. The van der Waals surface area contributed by atoms with Crippen LogP contribution < -0.4 is 5.32 Å². The highest BCUT2D eigenvalue weighted by molar-refractivity contribution is 6.08. The van der Waals surface area contributed by atoms with Gasteiger partial charge in [-0.1, -0.05) is 37.6 Å². The third kappa shape index (κ3) is 4.34. The van der Waals surface area contributed by atoms with Crippen LogP contribution in [0.4, 0.5) is 5.69 Å². The molecule has 3 N–H and O–H groups in total. The molecule has 3 aliphatic heterocycles. The average molecular weight is 675 g/mol. The molecule has 2 aromatic rings. The lowest BCUT2D eigenvalue weighted by atomic mass is 9.51. The Bertz CT molecular complexity index is 1620. The summed E-state index contributed by atoms with van der Waals surface area (Å²) < 4.78 is 25.0. The maximum atomic E-state index is 14.3. The molecule has 3 saturated heterocycles. The van der Waals surface area contributed by atoms with E-state index in [1.54, 1.807) is 45.6 Å². The number of anilines is 1. The number of amides is 1. The summed E-state index contributed by atoms with van der Waals surface area (Å²) >= 11 is 0. The molecule has 2 aromatic carbocycles. The van der Waals surface area contributed by atoms with Crippen molar-refractivity contribution < 1.29 is 38.7 Å². The van der Waals surface area contributed by atoms with Crippen molar-refractivity contribution in [2.45, 2.75) is 111 Å². The number of aliphatic hydroxyl groups is 2. The molecule has 3 aliphatic carbocycles. The van der Waals surface area contributed by atoms with E-state index < -0.39 is 34.4 Å². The van der Waals surface area contributed by atoms with Crippen molar-refractivity contribution >= 4 is 17.6 Å².